The number of aryl methyl sites for hydroxylation is 1. The highest BCUT2D eigenvalue weighted by atomic mass is 35.5. The number of nitrogens with one attached hydrogen (secondary N) is 1. The van der Waals surface area contributed by atoms with Gasteiger partial charge in [0, 0.05) is 18.5 Å². The number of benzene rings is 2. The first kappa shape index (κ1) is 22.3. The van der Waals surface area contributed by atoms with Gasteiger partial charge in [-0.3, -0.25) is 9.55 Å². The summed E-state index contributed by atoms with van der Waals surface area (Å²) in [5.41, 5.74) is 0.537. The molecule has 1 N–H and O–H groups in total. The van der Waals surface area contributed by atoms with Crippen LogP contribution in [0.3, 0.4) is 0 Å². The molecule has 4 aromatic rings. The monoisotopic (exact) mass is 468 g/mol. The highest BCUT2D eigenvalue weighted by Crippen LogP contribution is 2.18. The zero-order chi connectivity index (χ0) is 23.4. The molecule has 33 heavy (non-hydrogen) atoms. The molecule has 0 fully saturated rings. The summed E-state index contributed by atoms with van der Waals surface area (Å²) in [5, 5.41) is 4.37. The van der Waals surface area contributed by atoms with Crippen molar-refractivity contribution >= 4 is 17.3 Å². The normalized spacial score (nSPS) is 11.7. The van der Waals surface area contributed by atoms with Crippen molar-refractivity contribution in [2.24, 2.45) is 4.99 Å². The smallest absolute Gasteiger partial charge is 0.335 e. The molecule has 0 saturated carbocycles. The highest BCUT2D eigenvalue weighted by Gasteiger charge is 2.09. The number of aromatic nitrogens is 5. The van der Waals surface area contributed by atoms with E-state index in [1.807, 2.05) is 12.1 Å². The SMILES string of the molecule is CCn1c(=O)[nH]/c(=N\c2ccc(OCc3noc(C)n3)cc2)n(Cc2ccc(Cl)cc2)c1=O. The third-order valence-electron chi connectivity index (χ3n) is 4.76. The zero-order valence-corrected chi connectivity index (χ0v) is 18.7. The predicted octanol–water partition coefficient (Wildman–Crippen LogP) is 2.56. The van der Waals surface area contributed by atoms with Crippen molar-refractivity contribution in [2.45, 2.75) is 33.5 Å². The lowest BCUT2D eigenvalue weighted by Gasteiger charge is -2.10. The van der Waals surface area contributed by atoms with E-state index < -0.39 is 11.4 Å². The third-order valence-corrected chi connectivity index (χ3v) is 5.01. The fourth-order valence-corrected chi connectivity index (χ4v) is 3.25. The Balaban J connectivity index is 1.65. The van der Waals surface area contributed by atoms with Crippen molar-refractivity contribution in [1.82, 2.24) is 24.3 Å². The van der Waals surface area contributed by atoms with Crippen molar-refractivity contribution in [3.8, 4) is 5.75 Å². The van der Waals surface area contributed by atoms with Crippen LogP contribution in [0.4, 0.5) is 5.69 Å². The van der Waals surface area contributed by atoms with E-state index in [1.165, 1.54) is 4.57 Å². The zero-order valence-electron chi connectivity index (χ0n) is 18.0. The number of nitrogens with zero attached hydrogens (tertiary/aromatic N) is 5. The maximum atomic E-state index is 13.0. The molecule has 0 saturated heterocycles. The van der Waals surface area contributed by atoms with Gasteiger partial charge in [-0.15, -0.1) is 0 Å². The second-order valence-corrected chi connectivity index (χ2v) is 7.55. The number of hydrogen-bond donors (Lipinski definition) is 1. The molecule has 0 unspecified atom stereocenters. The molecule has 0 aliphatic heterocycles. The van der Waals surface area contributed by atoms with E-state index in [0.29, 0.717) is 28.2 Å². The summed E-state index contributed by atoms with van der Waals surface area (Å²) in [6, 6.07) is 14.0. The van der Waals surface area contributed by atoms with Crippen LogP contribution in [-0.2, 0) is 19.7 Å². The van der Waals surface area contributed by atoms with Gasteiger partial charge in [-0.1, -0.05) is 28.9 Å². The second kappa shape index (κ2) is 9.70. The number of rotatable bonds is 7. The molecule has 2 heterocycles. The van der Waals surface area contributed by atoms with Crippen molar-refractivity contribution < 1.29 is 9.26 Å². The van der Waals surface area contributed by atoms with Gasteiger partial charge in [0.05, 0.1) is 12.2 Å². The van der Waals surface area contributed by atoms with Gasteiger partial charge in [-0.2, -0.15) is 4.98 Å². The molecule has 2 aromatic heterocycles. The van der Waals surface area contributed by atoms with Gasteiger partial charge in [-0.05, 0) is 48.9 Å². The summed E-state index contributed by atoms with van der Waals surface area (Å²) < 4.78 is 13.1. The molecule has 0 amide bonds. The van der Waals surface area contributed by atoms with Crippen LogP contribution >= 0.6 is 11.6 Å². The predicted molar refractivity (Wildman–Crippen MR) is 121 cm³/mol. The summed E-state index contributed by atoms with van der Waals surface area (Å²) in [6.07, 6.45) is 0. The molecule has 0 aliphatic carbocycles. The topological polar surface area (TPSA) is 120 Å². The average Bonchev–Trinajstić information content (AvgIpc) is 3.22. The molecule has 2 aromatic carbocycles. The fourth-order valence-electron chi connectivity index (χ4n) is 3.12. The van der Waals surface area contributed by atoms with Gasteiger partial charge >= 0.3 is 11.4 Å². The third kappa shape index (κ3) is 5.29. The van der Waals surface area contributed by atoms with Crippen LogP contribution in [0.25, 0.3) is 0 Å². The Hall–Kier alpha value is -3.92. The first-order valence-corrected chi connectivity index (χ1v) is 10.6. The van der Waals surface area contributed by atoms with Crippen LogP contribution in [-0.4, -0.2) is 24.3 Å². The van der Waals surface area contributed by atoms with E-state index in [1.54, 1.807) is 50.2 Å². The summed E-state index contributed by atoms with van der Waals surface area (Å²) in [6.45, 7) is 4.05. The summed E-state index contributed by atoms with van der Waals surface area (Å²) in [5.74, 6) is 1.49. The largest absolute Gasteiger partial charge is 0.485 e. The van der Waals surface area contributed by atoms with Gasteiger partial charge in [0.15, 0.2) is 6.61 Å². The number of halogens is 1. The minimum absolute atomic E-state index is 0.139. The van der Waals surface area contributed by atoms with Gasteiger partial charge in [0.1, 0.15) is 5.75 Å². The van der Waals surface area contributed by atoms with Crippen molar-refractivity contribution in [3.63, 3.8) is 0 Å². The molecule has 0 bridgehead atoms. The van der Waals surface area contributed by atoms with E-state index in [4.69, 9.17) is 20.9 Å². The Morgan fingerprint density at radius 2 is 1.82 bits per heavy atom. The summed E-state index contributed by atoms with van der Waals surface area (Å²) in [7, 11) is 0. The summed E-state index contributed by atoms with van der Waals surface area (Å²) in [4.78, 5) is 36.6. The van der Waals surface area contributed by atoms with Gasteiger partial charge in [0.25, 0.3) is 0 Å². The minimum atomic E-state index is -0.524. The van der Waals surface area contributed by atoms with Crippen LogP contribution in [0, 0.1) is 6.92 Å². The lowest BCUT2D eigenvalue weighted by molar-refractivity contribution is 0.286. The lowest BCUT2D eigenvalue weighted by Crippen LogP contribution is -2.49. The van der Waals surface area contributed by atoms with Gasteiger partial charge < -0.3 is 9.26 Å². The van der Waals surface area contributed by atoms with Crippen molar-refractivity contribution in [3.05, 3.63) is 97.4 Å². The number of ether oxygens (including phenoxy) is 1. The second-order valence-electron chi connectivity index (χ2n) is 7.12. The maximum Gasteiger partial charge on any atom is 0.335 e. The summed E-state index contributed by atoms with van der Waals surface area (Å²) >= 11 is 5.96. The standard InChI is InChI=1S/C22H21ClN6O4/c1-3-28-21(30)26-20(29(22(28)31)12-15-4-6-16(23)7-5-15)25-17-8-10-18(11-9-17)32-13-19-24-14(2)33-27-19/h4-11H,3,12-13H2,1-2H3,(H,25,26,30). The molecule has 11 heteroatoms. The first-order valence-electron chi connectivity index (χ1n) is 10.2. The number of H-pyrrole nitrogens is 1. The Morgan fingerprint density at radius 3 is 2.45 bits per heavy atom. The molecule has 0 radical (unpaired) electrons. The Kier molecular flexibility index (Phi) is 6.55. The molecule has 170 valence electrons. The Labute approximate surface area is 192 Å². The maximum absolute atomic E-state index is 13.0. The van der Waals surface area contributed by atoms with Gasteiger partial charge in [0.2, 0.25) is 17.3 Å². The highest BCUT2D eigenvalue weighted by molar-refractivity contribution is 6.30. The first-order chi connectivity index (χ1) is 15.9. The van der Waals surface area contributed by atoms with Crippen LogP contribution < -0.4 is 21.7 Å². The van der Waals surface area contributed by atoms with E-state index >= 15 is 0 Å². The van der Waals surface area contributed by atoms with Crippen molar-refractivity contribution in [2.75, 3.05) is 0 Å². The average molecular weight is 469 g/mol. The van der Waals surface area contributed by atoms with Crippen LogP contribution in [0.5, 0.6) is 5.75 Å². The molecule has 0 spiro atoms. The molecule has 4 rings (SSSR count). The number of aromatic amines is 1. The van der Waals surface area contributed by atoms with E-state index in [2.05, 4.69) is 20.1 Å². The quantitative estimate of drug-likeness (QED) is 0.445. The van der Waals surface area contributed by atoms with E-state index in [9.17, 15) is 9.59 Å². The lowest BCUT2D eigenvalue weighted by atomic mass is 10.2. The Bertz CT molecular complexity index is 1430. The van der Waals surface area contributed by atoms with Crippen molar-refractivity contribution in [1.29, 1.82) is 0 Å². The van der Waals surface area contributed by atoms with E-state index in [0.717, 1.165) is 10.1 Å². The van der Waals surface area contributed by atoms with Crippen LogP contribution in [0.2, 0.25) is 5.02 Å². The fraction of sp³-hybridized carbons (Fsp3) is 0.227. The molecule has 0 atom stereocenters. The van der Waals surface area contributed by atoms with Crippen LogP contribution in [0.15, 0.2) is 67.6 Å². The molecular formula is C22H21ClN6O4. The minimum Gasteiger partial charge on any atom is -0.485 e. The van der Waals surface area contributed by atoms with Crippen LogP contribution in [0.1, 0.15) is 24.2 Å². The number of hydrogen-bond acceptors (Lipinski definition) is 7. The molecule has 10 nitrogen and oxygen atoms in total. The molecular weight excluding hydrogens is 448 g/mol. The molecule has 0 aliphatic rings. The van der Waals surface area contributed by atoms with Gasteiger partial charge in [-0.25, -0.2) is 19.1 Å². The van der Waals surface area contributed by atoms with E-state index in [-0.39, 0.29) is 25.3 Å². The Morgan fingerprint density at radius 1 is 1.09 bits per heavy atom.